The third-order valence-electron chi connectivity index (χ3n) is 5.03. The summed E-state index contributed by atoms with van der Waals surface area (Å²) in [5, 5.41) is 28.6. The van der Waals surface area contributed by atoms with E-state index >= 15 is 0 Å². The molecular formula is C19H33N5O7S. The van der Waals surface area contributed by atoms with Crippen LogP contribution in [0, 0.1) is 0 Å². The molecule has 4 unspecified atom stereocenters. The van der Waals surface area contributed by atoms with Gasteiger partial charge in [-0.2, -0.15) is 12.6 Å². The predicted octanol–water partition coefficient (Wildman–Crippen LogP) is -1.80. The minimum atomic E-state index is -1.29. The van der Waals surface area contributed by atoms with Gasteiger partial charge in [-0.1, -0.05) is 0 Å². The smallest absolute Gasteiger partial charge is 0.326 e. The predicted molar refractivity (Wildman–Crippen MR) is 118 cm³/mol. The third-order valence-corrected chi connectivity index (χ3v) is 5.40. The SMILES string of the molecule is NCCCCC(NC(=O)C(CCC(=O)O)NC(=O)C(CS)NC(=O)C1CCCN1)C(=O)O. The van der Waals surface area contributed by atoms with Gasteiger partial charge in [-0.25, -0.2) is 4.79 Å². The molecule has 0 spiro atoms. The fourth-order valence-corrected chi connectivity index (χ4v) is 3.46. The van der Waals surface area contributed by atoms with Gasteiger partial charge < -0.3 is 37.2 Å². The van der Waals surface area contributed by atoms with Crippen molar-refractivity contribution in [2.45, 2.75) is 69.1 Å². The topological polar surface area (TPSA) is 200 Å². The van der Waals surface area contributed by atoms with E-state index in [1.807, 2.05) is 0 Å². The molecule has 32 heavy (non-hydrogen) atoms. The highest BCUT2D eigenvalue weighted by atomic mass is 32.1. The second kappa shape index (κ2) is 14.6. The maximum Gasteiger partial charge on any atom is 0.326 e. The zero-order chi connectivity index (χ0) is 24.1. The van der Waals surface area contributed by atoms with E-state index in [1.54, 1.807) is 0 Å². The Labute approximate surface area is 191 Å². The normalized spacial score (nSPS) is 18.2. The number of hydrogen-bond donors (Lipinski definition) is 8. The van der Waals surface area contributed by atoms with Crippen LogP contribution in [0.3, 0.4) is 0 Å². The summed E-state index contributed by atoms with van der Waals surface area (Å²) in [5.74, 6) is -4.37. The molecule has 8 N–H and O–H groups in total. The number of hydrogen-bond acceptors (Lipinski definition) is 8. The van der Waals surface area contributed by atoms with E-state index in [4.69, 9.17) is 10.8 Å². The summed E-state index contributed by atoms with van der Waals surface area (Å²) in [5.41, 5.74) is 5.40. The highest BCUT2D eigenvalue weighted by Crippen LogP contribution is 2.07. The number of carboxylic acids is 2. The molecular weight excluding hydrogens is 442 g/mol. The van der Waals surface area contributed by atoms with Gasteiger partial charge in [0.25, 0.3) is 0 Å². The summed E-state index contributed by atoms with van der Waals surface area (Å²) < 4.78 is 0. The van der Waals surface area contributed by atoms with Crippen LogP contribution in [-0.2, 0) is 24.0 Å². The van der Waals surface area contributed by atoms with Gasteiger partial charge in [0.05, 0.1) is 6.04 Å². The van der Waals surface area contributed by atoms with Crippen LogP contribution < -0.4 is 27.0 Å². The molecule has 4 atom stereocenters. The highest BCUT2D eigenvalue weighted by molar-refractivity contribution is 7.80. The average molecular weight is 476 g/mol. The van der Waals surface area contributed by atoms with Gasteiger partial charge in [-0.05, 0) is 51.6 Å². The lowest BCUT2D eigenvalue weighted by molar-refractivity contribution is -0.143. The number of thiol groups is 1. The quantitative estimate of drug-likeness (QED) is 0.0994. The Morgan fingerprint density at radius 3 is 2.16 bits per heavy atom. The second-order valence-corrected chi connectivity index (χ2v) is 7.94. The zero-order valence-electron chi connectivity index (χ0n) is 17.8. The number of rotatable bonds is 15. The number of amides is 3. The first-order valence-corrected chi connectivity index (χ1v) is 11.2. The van der Waals surface area contributed by atoms with Crippen LogP contribution in [0.1, 0.15) is 44.9 Å². The van der Waals surface area contributed by atoms with Crippen molar-refractivity contribution in [1.29, 1.82) is 0 Å². The summed E-state index contributed by atoms with van der Waals surface area (Å²) in [6.07, 6.45) is 2.00. The molecule has 1 aliphatic heterocycles. The highest BCUT2D eigenvalue weighted by Gasteiger charge is 2.31. The molecule has 0 bridgehead atoms. The van der Waals surface area contributed by atoms with Gasteiger partial charge in [0.1, 0.15) is 18.1 Å². The number of aliphatic carboxylic acids is 2. The first-order chi connectivity index (χ1) is 15.2. The van der Waals surface area contributed by atoms with E-state index in [2.05, 4.69) is 33.9 Å². The summed E-state index contributed by atoms with van der Waals surface area (Å²) in [4.78, 5) is 60.0. The van der Waals surface area contributed by atoms with Crippen LogP contribution in [0.4, 0.5) is 0 Å². The molecule has 1 fully saturated rings. The average Bonchev–Trinajstić information content (AvgIpc) is 3.28. The lowest BCUT2D eigenvalue weighted by Gasteiger charge is -2.24. The van der Waals surface area contributed by atoms with Crippen LogP contribution in [0.2, 0.25) is 0 Å². The van der Waals surface area contributed by atoms with Crippen molar-refractivity contribution in [1.82, 2.24) is 21.3 Å². The number of unbranched alkanes of at least 4 members (excludes halogenated alkanes) is 1. The van der Waals surface area contributed by atoms with Crippen LogP contribution in [-0.4, -0.2) is 82.9 Å². The summed E-state index contributed by atoms with van der Waals surface area (Å²) in [6, 6.07) is -3.96. The van der Waals surface area contributed by atoms with Gasteiger partial charge in [0, 0.05) is 12.2 Å². The molecule has 0 aromatic rings. The van der Waals surface area contributed by atoms with Crippen molar-refractivity contribution in [3.05, 3.63) is 0 Å². The number of nitrogens with one attached hydrogen (secondary N) is 4. The molecule has 12 nitrogen and oxygen atoms in total. The zero-order valence-corrected chi connectivity index (χ0v) is 18.7. The fraction of sp³-hybridized carbons (Fsp3) is 0.737. The minimum absolute atomic E-state index is 0.0472. The van der Waals surface area contributed by atoms with Crippen molar-refractivity contribution >= 4 is 42.3 Å². The van der Waals surface area contributed by atoms with Crippen LogP contribution >= 0.6 is 12.6 Å². The lowest BCUT2D eigenvalue weighted by atomic mass is 10.1. The van der Waals surface area contributed by atoms with E-state index in [0.29, 0.717) is 32.4 Å². The van der Waals surface area contributed by atoms with Gasteiger partial charge in [-0.3, -0.25) is 19.2 Å². The first kappa shape index (κ1) is 27.7. The standard InChI is InChI=1S/C19H33N5O7S/c20-8-2-1-4-13(19(30)31)23-17(28)12(6-7-15(25)26)22-18(29)14(10-32)24-16(27)11-5-3-9-21-11/h11-14,21,32H,1-10,20H2,(H,22,29)(H,23,28)(H,24,27)(H,25,26)(H,30,31). The van der Waals surface area contributed by atoms with Gasteiger partial charge >= 0.3 is 11.9 Å². The Morgan fingerprint density at radius 1 is 0.969 bits per heavy atom. The van der Waals surface area contributed by atoms with E-state index in [9.17, 15) is 29.1 Å². The Bertz CT molecular complexity index is 672. The Hall–Kier alpha value is -2.38. The molecule has 0 radical (unpaired) electrons. The van der Waals surface area contributed by atoms with Gasteiger partial charge in [0.15, 0.2) is 0 Å². The van der Waals surface area contributed by atoms with Crippen molar-refractivity contribution in [2.75, 3.05) is 18.8 Å². The fourth-order valence-electron chi connectivity index (χ4n) is 3.21. The number of nitrogens with two attached hydrogens (primary N) is 1. The monoisotopic (exact) mass is 475 g/mol. The van der Waals surface area contributed by atoms with Gasteiger partial charge in [0.2, 0.25) is 17.7 Å². The van der Waals surface area contributed by atoms with Crippen LogP contribution in [0.5, 0.6) is 0 Å². The molecule has 1 aliphatic rings. The largest absolute Gasteiger partial charge is 0.481 e. The Kier molecular flexibility index (Phi) is 12.7. The number of carbonyl (C=O) groups is 5. The minimum Gasteiger partial charge on any atom is -0.481 e. The first-order valence-electron chi connectivity index (χ1n) is 10.6. The van der Waals surface area contributed by atoms with E-state index in [0.717, 1.165) is 6.42 Å². The van der Waals surface area contributed by atoms with Crippen LogP contribution in [0.25, 0.3) is 0 Å². The third kappa shape index (κ3) is 9.83. The molecule has 1 saturated heterocycles. The molecule has 0 aromatic carbocycles. The molecule has 0 aliphatic carbocycles. The number of carbonyl (C=O) groups excluding carboxylic acids is 3. The summed E-state index contributed by atoms with van der Waals surface area (Å²) in [7, 11) is 0. The maximum absolute atomic E-state index is 12.7. The molecule has 182 valence electrons. The van der Waals surface area contributed by atoms with Crippen molar-refractivity contribution in [3.63, 3.8) is 0 Å². The molecule has 1 heterocycles. The Morgan fingerprint density at radius 2 is 1.62 bits per heavy atom. The van der Waals surface area contributed by atoms with Crippen molar-refractivity contribution in [2.24, 2.45) is 5.73 Å². The van der Waals surface area contributed by atoms with Crippen LogP contribution in [0.15, 0.2) is 0 Å². The maximum atomic E-state index is 12.7. The Balaban J connectivity index is 2.80. The van der Waals surface area contributed by atoms with E-state index < -0.39 is 54.3 Å². The van der Waals surface area contributed by atoms with E-state index in [-0.39, 0.29) is 24.5 Å². The summed E-state index contributed by atoms with van der Waals surface area (Å²) in [6.45, 7) is 1.08. The molecule has 0 saturated carbocycles. The second-order valence-electron chi connectivity index (χ2n) is 7.57. The van der Waals surface area contributed by atoms with Crippen molar-refractivity contribution < 1.29 is 34.2 Å². The van der Waals surface area contributed by atoms with E-state index in [1.165, 1.54) is 0 Å². The molecule has 3 amide bonds. The van der Waals surface area contributed by atoms with Gasteiger partial charge in [-0.15, -0.1) is 0 Å². The molecule has 0 aromatic heterocycles. The molecule has 13 heteroatoms. The molecule has 1 rings (SSSR count). The summed E-state index contributed by atoms with van der Waals surface area (Å²) >= 11 is 4.08. The number of carboxylic acid groups (broad SMARTS) is 2. The lowest BCUT2D eigenvalue weighted by Crippen LogP contribution is -2.57. The van der Waals surface area contributed by atoms with Crippen molar-refractivity contribution in [3.8, 4) is 0 Å².